The van der Waals surface area contributed by atoms with Gasteiger partial charge in [-0.25, -0.2) is 0 Å². The molecule has 0 aromatic heterocycles. The number of rotatable bonds is 0. The van der Waals surface area contributed by atoms with E-state index in [2.05, 4.69) is 0 Å². The van der Waals surface area contributed by atoms with Crippen molar-refractivity contribution in [1.82, 2.24) is 0 Å². The monoisotopic (exact) mass is 322 g/mol. The van der Waals surface area contributed by atoms with Crippen LogP contribution in [0, 0.1) is 12.2 Å². The van der Waals surface area contributed by atoms with E-state index < -0.39 is 0 Å². The topological polar surface area (TPSA) is 46.1 Å². The Bertz CT molecular complexity index is 46.3. The molecule has 0 spiro atoms. The minimum absolute atomic E-state index is 0. The molecule has 6 heavy (non-hydrogen) atoms. The molecule has 0 atom stereocenters. The summed E-state index contributed by atoms with van der Waals surface area (Å²) in [6.45, 7) is 0. The van der Waals surface area contributed by atoms with Gasteiger partial charge in [0.2, 0.25) is 0 Å². The quantitative estimate of drug-likeness (QED) is 0.416. The summed E-state index contributed by atoms with van der Waals surface area (Å²) in [4.78, 5) is 0. The molecule has 0 saturated carbocycles. The fraction of sp³-hybridized carbons (Fsp3) is 0. The van der Waals surface area contributed by atoms with Gasteiger partial charge in [0, 0.05) is 0 Å². The van der Waals surface area contributed by atoms with Gasteiger partial charge in [0.15, 0.2) is 0 Å². The van der Waals surface area contributed by atoms with Gasteiger partial charge in [0.25, 0.3) is 0 Å². The van der Waals surface area contributed by atoms with Crippen LogP contribution >= 0.6 is 0 Å². The largest absolute Gasteiger partial charge is 1.00 e. The predicted octanol–water partition coefficient (Wildman–Crippen LogP) is -8.37. The molecule has 0 amide bonds. The Hall–Kier alpha value is 3.26. The molecule has 0 aromatic rings. The molecule has 0 N–H and O–H groups in total. The zero-order valence-electron chi connectivity index (χ0n) is 3.82. The summed E-state index contributed by atoms with van der Waals surface area (Å²) in [5.41, 5.74) is 0. The van der Waals surface area contributed by atoms with Crippen molar-refractivity contribution in [3.05, 3.63) is 0 Å². The van der Waals surface area contributed by atoms with E-state index in [1.807, 2.05) is 0 Å². The number of hydrogen-bond donors (Lipinski definition) is 0. The Morgan fingerprint density at radius 1 is 0.833 bits per heavy atom. The third-order valence-electron chi connectivity index (χ3n) is 0.0417. The van der Waals surface area contributed by atoms with Crippen LogP contribution in [-0.2, 0) is 0 Å². The van der Waals surface area contributed by atoms with Gasteiger partial charge in [-0.3, -0.25) is 0 Å². The SMILES string of the molecule is [Cs+].[Cs+].[O-]C#C[O-]. The van der Waals surface area contributed by atoms with Crippen molar-refractivity contribution in [3.8, 4) is 12.2 Å². The standard InChI is InChI=1S/C2H2O2.2Cs/c3-1-2-4;;/h3-4H;;/q;2*+1/p-2. The molecule has 0 fully saturated rings. The van der Waals surface area contributed by atoms with E-state index in [1.54, 1.807) is 0 Å². The molecule has 2 nitrogen and oxygen atoms in total. The van der Waals surface area contributed by atoms with E-state index in [-0.39, 0.29) is 138 Å². The second kappa shape index (κ2) is 15.7. The van der Waals surface area contributed by atoms with Gasteiger partial charge in [-0.1, -0.05) is 0 Å². The second-order valence-corrected chi connectivity index (χ2v) is 0.204. The minimum atomic E-state index is 0. The van der Waals surface area contributed by atoms with Crippen molar-refractivity contribution in [2.75, 3.05) is 0 Å². The molecule has 0 heterocycles. The summed E-state index contributed by atoms with van der Waals surface area (Å²) >= 11 is 0. The van der Waals surface area contributed by atoms with Gasteiger partial charge in [-0.2, -0.15) is 12.2 Å². The normalized spacial score (nSPS) is 2.00. The molecule has 0 aliphatic rings. The van der Waals surface area contributed by atoms with Gasteiger partial charge in [-0.15, -0.1) is 0 Å². The van der Waals surface area contributed by atoms with Crippen molar-refractivity contribution in [2.24, 2.45) is 0 Å². The minimum Gasteiger partial charge on any atom is -0.833 e. The summed E-state index contributed by atoms with van der Waals surface area (Å²) in [5, 5.41) is 17.2. The molecule has 0 aliphatic heterocycles. The Labute approximate surface area is 154 Å². The fourth-order valence-electron chi connectivity index (χ4n) is 0. The molecular weight excluding hydrogens is 322 g/mol. The van der Waals surface area contributed by atoms with Crippen LogP contribution in [0.1, 0.15) is 0 Å². The summed E-state index contributed by atoms with van der Waals surface area (Å²) in [6.07, 6.45) is 1.75. The van der Waals surface area contributed by atoms with Crippen LogP contribution in [0.5, 0.6) is 0 Å². The van der Waals surface area contributed by atoms with Crippen LogP contribution in [0.25, 0.3) is 0 Å². The molecular formula is C2Cs2O2. The van der Waals surface area contributed by atoms with Crippen molar-refractivity contribution in [1.29, 1.82) is 0 Å². The summed E-state index contributed by atoms with van der Waals surface area (Å²) < 4.78 is 0. The molecule has 0 unspecified atom stereocenters. The van der Waals surface area contributed by atoms with Crippen LogP contribution in [0.4, 0.5) is 0 Å². The molecule has 22 valence electrons. The molecule has 0 rings (SSSR count). The zero-order valence-corrected chi connectivity index (χ0v) is 16.4. The van der Waals surface area contributed by atoms with Crippen molar-refractivity contribution < 1.29 is 148 Å². The third kappa shape index (κ3) is 15.7. The smallest absolute Gasteiger partial charge is 0.833 e. The van der Waals surface area contributed by atoms with Crippen molar-refractivity contribution >= 4 is 0 Å². The van der Waals surface area contributed by atoms with Crippen LogP contribution in [0.3, 0.4) is 0 Å². The van der Waals surface area contributed by atoms with Crippen LogP contribution in [-0.4, -0.2) is 0 Å². The van der Waals surface area contributed by atoms with Gasteiger partial charge >= 0.3 is 138 Å². The van der Waals surface area contributed by atoms with Crippen molar-refractivity contribution in [2.45, 2.75) is 0 Å². The fourth-order valence-corrected chi connectivity index (χ4v) is 0. The van der Waals surface area contributed by atoms with E-state index in [1.165, 1.54) is 0 Å². The first-order chi connectivity index (χ1) is 1.91. The second-order valence-electron chi connectivity index (χ2n) is 0.204. The zero-order chi connectivity index (χ0) is 3.41. The first-order valence-corrected chi connectivity index (χ1v) is 0.658. The van der Waals surface area contributed by atoms with Crippen molar-refractivity contribution in [3.63, 3.8) is 0 Å². The van der Waals surface area contributed by atoms with Gasteiger partial charge in [0.1, 0.15) is 0 Å². The van der Waals surface area contributed by atoms with Crippen LogP contribution in [0.15, 0.2) is 0 Å². The van der Waals surface area contributed by atoms with E-state index in [0.717, 1.165) is 12.2 Å². The van der Waals surface area contributed by atoms with Crippen LogP contribution < -0.4 is 148 Å². The van der Waals surface area contributed by atoms with Gasteiger partial charge in [0.05, 0.1) is 0 Å². The Balaban J connectivity index is -0.0000000450. The number of hydrogen-bond acceptors (Lipinski definition) is 2. The average molecular weight is 322 g/mol. The average Bonchev–Trinajstić information content (AvgIpc) is 1.37. The Morgan fingerprint density at radius 2 is 1.00 bits per heavy atom. The molecule has 4 heteroatoms. The summed E-state index contributed by atoms with van der Waals surface area (Å²) in [7, 11) is 0. The molecule has 0 bridgehead atoms. The Morgan fingerprint density at radius 3 is 1.00 bits per heavy atom. The van der Waals surface area contributed by atoms with E-state index in [9.17, 15) is 0 Å². The third-order valence-corrected chi connectivity index (χ3v) is 0.0417. The summed E-state index contributed by atoms with van der Waals surface area (Å²) in [6, 6.07) is 0. The molecule has 0 aromatic carbocycles. The maximum atomic E-state index is 8.62. The molecule has 0 aliphatic carbocycles. The van der Waals surface area contributed by atoms with E-state index >= 15 is 0 Å². The summed E-state index contributed by atoms with van der Waals surface area (Å²) in [5.74, 6) is 0. The van der Waals surface area contributed by atoms with Gasteiger partial charge in [-0.05, 0) is 0 Å². The van der Waals surface area contributed by atoms with E-state index in [4.69, 9.17) is 10.2 Å². The van der Waals surface area contributed by atoms with Crippen LogP contribution in [0.2, 0.25) is 0 Å². The first kappa shape index (κ1) is 16.1. The van der Waals surface area contributed by atoms with Gasteiger partial charge < -0.3 is 10.2 Å². The molecule has 0 radical (unpaired) electrons. The predicted molar refractivity (Wildman–Crippen MR) is 7.78 cm³/mol. The maximum Gasteiger partial charge on any atom is 1.00 e. The first-order valence-electron chi connectivity index (χ1n) is 0.658. The van der Waals surface area contributed by atoms with E-state index in [0.29, 0.717) is 0 Å². The Kier molecular flexibility index (Phi) is 42.3. The maximum absolute atomic E-state index is 8.62. The molecule has 0 saturated heterocycles.